The van der Waals surface area contributed by atoms with Crippen LogP contribution in [0.1, 0.15) is 43.8 Å². The topological polar surface area (TPSA) is 64.1 Å². The Kier molecular flexibility index (Phi) is 8.09. The lowest BCUT2D eigenvalue weighted by Gasteiger charge is -2.37. The van der Waals surface area contributed by atoms with E-state index in [1.165, 1.54) is 11.4 Å². The number of amides is 1. The summed E-state index contributed by atoms with van der Waals surface area (Å²) in [6.45, 7) is 11.7. The number of aliphatic imine (C=N–C) groups is 1. The molecule has 2 aliphatic rings. The van der Waals surface area contributed by atoms with E-state index in [1.807, 2.05) is 4.90 Å². The van der Waals surface area contributed by atoms with Gasteiger partial charge in [0, 0.05) is 51.2 Å². The first-order chi connectivity index (χ1) is 13.7. The van der Waals surface area contributed by atoms with Crippen LogP contribution in [0.15, 0.2) is 10.4 Å². The fourth-order valence-corrected chi connectivity index (χ4v) is 4.45. The lowest BCUT2D eigenvalue weighted by atomic mass is 10.1. The first kappa shape index (κ1) is 21.0. The molecule has 2 fully saturated rings. The molecule has 2 aliphatic heterocycles. The maximum Gasteiger partial charge on any atom is 0.236 e. The van der Waals surface area contributed by atoms with Gasteiger partial charge >= 0.3 is 0 Å². The number of piperidine rings is 1. The lowest BCUT2D eigenvalue weighted by molar-refractivity contribution is -0.133. The molecule has 7 nitrogen and oxygen atoms in total. The van der Waals surface area contributed by atoms with Crippen molar-refractivity contribution in [2.75, 3.05) is 52.4 Å². The van der Waals surface area contributed by atoms with Gasteiger partial charge in [-0.2, -0.15) is 0 Å². The van der Waals surface area contributed by atoms with Crippen LogP contribution in [0.3, 0.4) is 0 Å². The molecule has 3 heterocycles. The molecule has 0 unspecified atom stereocenters. The number of nitrogens with zero attached hydrogens (tertiary/aromatic N) is 5. The van der Waals surface area contributed by atoms with Crippen molar-refractivity contribution in [1.29, 1.82) is 0 Å². The molecule has 1 aromatic heterocycles. The van der Waals surface area contributed by atoms with Crippen LogP contribution < -0.4 is 5.32 Å². The van der Waals surface area contributed by atoms with Gasteiger partial charge in [0.2, 0.25) is 5.91 Å². The van der Waals surface area contributed by atoms with Gasteiger partial charge in [0.15, 0.2) is 5.96 Å². The second kappa shape index (κ2) is 10.8. The van der Waals surface area contributed by atoms with Crippen molar-refractivity contribution >= 4 is 23.2 Å². The van der Waals surface area contributed by atoms with Gasteiger partial charge in [0.25, 0.3) is 0 Å². The molecular weight excluding hydrogens is 372 g/mol. The number of aromatic nitrogens is 1. The lowest BCUT2D eigenvalue weighted by Crippen LogP contribution is -2.54. The number of rotatable bonds is 6. The van der Waals surface area contributed by atoms with Crippen molar-refractivity contribution in [1.82, 2.24) is 25.0 Å². The van der Waals surface area contributed by atoms with Crippen LogP contribution in [-0.2, 0) is 17.8 Å². The molecule has 2 saturated heterocycles. The average molecular weight is 407 g/mol. The minimum absolute atomic E-state index is 0.295. The van der Waals surface area contributed by atoms with E-state index in [9.17, 15) is 4.79 Å². The Balaban J connectivity index is 1.49. The molecule has 1 N–H and O–H groups in total. The molecule has 8 heteroatoms. The van der Waals surface area contributed by atoms with Crippen LogP contribution in [-0.4, -0.2) is 83.9 Å². The predicted molar refractivity (Wildman–Crippen MR) is 115 cm³/mol. The van der Waals surface area contributed by atoms with Gasteiger partial charge in [-0.3, -0.25) is 9.69 Å². The van der Waals surface area contributed by atoms with Crippen LogP contribution in [0.5, 0.6) is 0 Å². The van der Waals surface area contributed by atoms with E-state index in [-0.39, 0.29) is 0 Å². The minimum Gasteiger partial charge on any atom is -0.357 e. The largest absolute Gasteiger partial charge is 0.357 e. The van der Waals surface area contributed by atoms with Crippen LogP contribution in [0.2, 0.25) is 0 Å². The summed E-state index contributed by atoms with van der Waals surface area (Å²) in [7, 11) is 0. The molecule has 0 aromatic carbocycles. The van der Waals surface area contributed by atoms with Gasteiger partial charge in [-0.15, -0.1) is 11.3 Å². The molecule has 0 aliphatic carbocycles. The van der Waals surface area contributed by atoms with Crippen molar-refractivity contribution in [3.8, 4) is 0 Å². The zero-order valence-corrected chi connectivity index (χ0v) is 18.1. The molecule has 3 rings (SSSR count). The van der Waals surface area contributed by atoms with Gasteiger partial charge in [0.1, 0.15) is 0 Å². The molecule has 1 aromatic rings. The van der Waals surface area contributed by atoms with E-state index in [4.69, 9.17) is 4.99 Å². The number of hydrogen-bond acceptors (Lipinski definition) is 5. The third-order valence-corrected chi connectivity index (χ3v) is 6.41. The number of guanidine groups is 1. The third kappa shape index (κ3) is 5.91. The highest BCUT2D eigenvalue weighted by molar-refractivity contribution is 7.09. The van der Waals surface area contributed by atoms with Gasteiger partial charge in [-0.1, -0.05) is 6.92 Å². The highest BCUT2D eigenvalue weighted by Crippen LogP contribution is 2.12. The van der Waals surface area contributed by atoms with Gasteiger partial charge in [-0.05, 0) is 32.6 Å². The highest BCUT2D eigenvalue weighted by atomic mass is 32.1. The Morgan fingerprint density at radius 2 is 1.86 bits per heavy atom. The Bertz CT molecular complexity index is 647. The van der Waals surface area contributed by atoms with Gasteiger partial charge in [-0.25, -0.2) is 9.98 Å². The summed E-state index contributed by atoms with van der Waals surface area (Å²) in [5.74, 6) is 1.25. The molecule has 0 radical (unpaired) electrons. The van der Waals surface area contributed by atoms with Gasteiger partial charge in [0.05, 0.1) is 23.8 Å². The SMILES string of the molecule is CCNC(=NCc1csc(CC)n1)N1CCN(CC(=O)N2CCCCC2)CC1. The predicted octanol–water partition coefficient (Wildman–Crippen LogP) is 1.80. The third-order valence-electron chi connectivity index (χ3n) is 5.37. The zero-order chi connectivity index (χ0) is 19.8. The van der Waals surface area contributed by atoms with Crippen LogP contribution in [0.4, 0.5) is 0 Å². The summed E-state index contributed by atoms with van der Waals surface area (Å²) in [4.78, 5) is 28.5. The molecule has 0 atom stereocenters. The molecule has 28 heavy (non-hydrogen) atoms. The first-order valence-electron chi connectivity index (χ1n) is 10.7. The number of likely N-dealkylation sites (tertiary alicyclic amines) is 1. The fraction of sp³-hybridized carbons (Fsp3) is 0.750. The van der Waals surface area contributed by atoms with E-state index in [2.05, 4.69) is 39.3 Å². The van der Waals surface area contributed by atoms with Gasteiger partial charge < -0.3 is 15.1 Å². The van der Waals surface area contributed by atoms with Crippen molar-refractivity contribution in [2.24, 2.45) is 4.99 Å². The molecule has 0 bridgehead atoms. The summed E-state index contributed by atoms with van der Waals surface area (Å²) < 4.78 is 0. The molecular formula is C20H34N6OS. The first-order valence-corrected chi connectivity index (χ1v) is 11.5. The molecule has 0 spiro atoms. The summed E-state index contributed by atoms with van der Waals surface area (Å²) in [5, 5.41) is 6.68. The second-order valence-electron chi connectivity index (χ2n) is 7.46. The van der Waals surface area contributed by atoms with Crippen molar-refractivity contribution in [2.45, 2.75) is 46.1 Å². The number of hydrogen-bond donors (Lipinski definition) is 1. The van der Waals surface area contributed by atoms with E-state index in [0.717, 1.165) is 76.7 Å². The van der Waals surface area contributed by atoms with Crippen molar-refractivity contribution in [3.63, 3.8) is 0 Å². The quantitative estimate of drug-likeness (QED) is 0.577. The monoisotopic (exact) mass is 406 g/mol. The smallest absolute Gasteiger partial charge is 0.236 e. The molecule has 156 valence electrons. The number of nitrogens with one attached hydrogen (secondary N) is 1. The Morgan fingerprint density at radius 3 is 2.50 bits per heavy atom. The van der Waals surface area contributed by atoms with E-state index in [0.29, 0.717) is 19.0 Å². The average Bonchev–Trinajstić information content (AvgIpc) is 3.20. The maximum absolute atomic E-state index is 12.5. The Labute approximate surface area is 172 Å². The standard InChI is InChI=1S/C20H34N6OS/c1-3-18-23-17(16-28-18)14-22-20(21-4-2)26-12-10-24(11-13-26)15-19(27)25-8-6-5-7-9-25/h16H,3-15H2,1-2H3,(H,21,22). The number of piperazine rings is 1. The van der Waals surface area contributed by atoms with Crippen LogP contribution >= 0.6 is 11.3 Å². The van der Waals surface area contributed by atoms with E-state index < -0.39 is 0 Å². The highest BCUT2D eigenvalue weighted by Gasteiger charge is 2.24. The maximum atomic E-state index is 12.5. The summed E-state index contributed by atoms with van der Waals surface area (Å²) >= 11 is 1.71. The van der Waals surface area contributed by atoms with Crippen LogP contribution in [0.25, 0.3) is 0 Å². The number of carbonyl (C=O) groups excluding carboxylic acids is 1. The normalized spacial score (nSPS) is 19.1. The van der Waals surface area contributed by atoms with E-state index >= 15 is 0 Å². The van der Waals surface area contributed by atoms with Crippen molar-refractivity contribution in [3.05, 3.63) is 16.1 Å². The number of carbonyl (C=O) groups is 1. The zero-order valence-electron chi connectivity index (χ0n) is 17.3. The Morgan fingerprint density at radius 1 is 1.11 bits per heavy atom. The summed E-state index contributed by atoms with van der Waals surface area (Å²) in [6, 6.07) is 0. The summed E-state index contributed by atoms with van der Waals surface area (Å²) in [5.41, 5.74) is 1.04. The summed E-state index contributed by atoms with van der Waals surface area (Å²) in [6.07, 6.45) is 4.55. The Hall–Kier alpha value is -1.67. The van der Waals surface area contributed by atoms with E-state index in [1.54, 1.807) is 11.3 Å². The van der Waals surface area contributed by atoms with Crippen molar-refractivity contribution < 1.29 is 4.79 Å². The number of thiazole rings is 1. The molecule has 1 amide bonds. The van der Waals surface area contributed by atoms with Crippen LogP contribution in [0, 0.1) is 0 Å². The molecule has 0 saturated carbocycles. The minimum atomic E-state index is 0.295. The fourth-order valence-electron chi connectivity index (χ4n) is 3.72. The second-order valence-corrected chi connectivity index (χ2v) is 8.40. The number of aryl methyl sites for hydroxylation is 1.